The van der Waals surface area contributed by atoms with Crippen LogP contribution in [0.25, 0.3) is 0 Å². The van der Waals surface area contributed by atoms with Crippen LogP contribution in [0.4, 0.5) is 0 Å². The molecule has 110 heavy (non-hydrogen) atoms. The highest BCUT2D eigenvalue weighted by Gasteiger charge is 2.31. The Balaban J connectivity index is 5.23. The van der Waals surface area contributed by atoms with Crippen molar-refractivity contribution in [3.63, 3.8) is 0 Å². The van der Waals surface area contributed by atoms with Crippen molar-refractivity contribution in [3.05, 3.63) is 0 Å². The van der Waals surface area contributed by atoms with Crippen molar-refractivity contribution in [2.45, 2.75) is 509 Å². The number of esters is 4. The Morgan fingerprint density at radius 2 is 0.418 bits per heavy atom. The van der Waals surface area contributed by atoms with Gasteiger partial charge in [0.15, 0.2) is 12.2 Å². The number of ether oxygens (including phenoxy) is 4. The van der Waals surface area contributed by atoms with Crippen molar-refractivity contribution in [2.75, 3.05) is 39.6 Å². The van der Waals surface area contributed by atoms with Crippen molar-refractivity contribution < 1.29 is 80.2 Å². The molecule has 0 heterocycles. The molecule has 17 nitrogen and oxygen atoms in total. The standard InChI is InChI=1S/C91H178O17P2/c1-7-9-11-13-15-17-19-20-21-22-23-24-25-26-34-39-45-51-57-63-69-75-91(96)108-87(80-102-89(94)74-68-62-56-50-44-38-33-29-27-31-36-42-47-53-59-65-71-83(3)4)82-106-110(99,100)104-78-85(92)77-103-109(97,98)105-81-86(79-101-88(93)73-67-61-55-49-41-18-16-14-12-10-8-2)107-90(95)76-70-64-58-52-46-40-35-30-28-32-37-43-48-54-60-66-72-84(5)6/h83-87,92H,7-82H2,1-6H3,(H,97,98)(H,99,100)/t85-,86+,87+/m0/s1. The van der Waals surface area contributed by atoms with Gasteiger partial charge in [0.2, 0.25) is 0 Å². The second-order valence-corrected chi connectivity index (χ2v) is 36.6. The smallest absolute Gasteiger partial charge is 0.462 e. The van der Waals surface area contributed by atoms with Crippen molar-refractivity contribution in [2.24, 2.45) is 11.8 Å². The third-order valence-corrected chi connectivity index (χ3v) is 23.4. The minimum atomic E-state index is -4.97. The molecule has 0 amide bonds. The normalized spacial score (nSPS) is 13.7. The van der Waals surface area contributed by atoms with Crippen LogP contribution in [-0.2, 0) is 65.4 Å². The van der Waals surface area contributed by atoms with Gasteiger partial charge in [-0.2, -0.15) is 0 Å². The Labute approximate surface area is 677 Å². The van der Waals surface area contributed by atoms with E-state index in [0.29, 0.717) is 25.7 Å². The molecule has 0 aliphatic heterocycles. The van der Waals surface area contributed by atoms with E-state index in [1.54, 1.807) is 0 Å². The first-order chi connectivity index (χ1) is 53.4. The number of aliphatic hydroxyl groups is 1. The molecule has 3 N–H and O–H groups in total. The van der Waals surface area contributed by atoms with Crippen LogP contribution < -0.4 is 0 Å². The summed E-state index contributed by atoms with van der Waals surface area (Å²) in [6, 6.07) is 0. The van der Waals surface area contributed by atoms with Crippen LogP contribution in [0.2, 0.25) is 0 Å². The van der Waals surface area contributed by atoms with Gasteiger partial charge in [-0.25, -0.2) is 9.13 Å². The minimum absolute atomic E-state index is 0.109. The van der Waals surface area contributed by atoms with Crippen LogP contribution in [-0.4, -0.2) is 96.7 Å². The molecule has 0 bridgehead atoms. The molecular formula is C91H178O17P2. The first kappa shape index (κ1) is 108. The number of rotatable bonds is 90. The molecule has 19 heteroatoms. The van der Waals surface area contributed by atoms with Gasteiger partial charge in [0, 0.05) is 25.7 Å². The average molecular weight is 1610 g/mol. The molecule has 0 rings (SSSR count). The zero-order chi connectivity index (χ0) is 80.6. The third-order valence-electron chi connectivity index (χ3n) is 21.5. The fourth-order valence-corrected chi connectivity index (χ4v) is 15.9. The molecule has 0 saturated heterocycles. The van der Waals surface area contributed by atoms with E-state index in [4.69, 9.17) is 37.0 Å². The second-order valence-electron chi connectivity index (χ2n) is 33.6. The molecule has 0 spiro atoms. The summed E-state index contributed by atoms with van der Waals surface area (Å²) in [5.41, 5.74) is 0. The van der Waals surface area contributed by atoms with Crippen LogP contribution in [0.15, 0.2) is 0 Å². The number of carbonyl (C=O) groups excluding carboxylic acids is 4. The summed E-state index contributed by atoms with van der Waals surface area (Å²) in [6.45, 7) is 9.76. The van der Waals surface area contributed by atoms with E-state index in [9.17, 15) is 43.2 Å². The zero-order valence-corrected chi connectivity index (χ0v) is 74.4. The van der Waals surface area contributed by atoms with Gasteiger partial charge in [0.05, 0.1) is 26.4 Å². The maximum absolute atomic E-state index is 13.2. The van der Waals surface area contributed by atoms with E-state index in [-0.39, 0.29) is 25.7 Å². The number of phosphoric ester groups is 2. The zero-order valence-electron chi connectivity index (χ0n) is 72.6. The molecule has 0 fully saturated rings. The number of unbranched alkanes of at least 4 members (excludes halogenated alkanes) is 60. The highest BCUT2D eigenvalue weighted by Crippen LogP contribution is 2.45. The Bertz CT molecular complexity index is 2100. The molecule has 0 radical (unpaired) electrons. The lowest BCUT2D eigenvalue weighted by Crippen LogP contribution is -2.30. The molecule has 0 aliphatic carbocycles. The summed E-state index contributed by atoms with van der Waals surface area (Å²) in [5.74, 6) is -0.473. The highest BCUT2D eigenvalue weighted by atomic mass is 31.2. The van der Waals surface area contributed by atoms with Gasteiger partial charge in [-0.15, -0.1) is 0 Å². The van der Waals surface area contributed by atoms with Crippen LogP contribution in [0, 0.1) is 11.8 Å². The Morgan fingerprint density at radius 3 is 0.618 bits per heavy atom. The predicted octanol–water partition coefficient (Wildman–Crippen LogP) is 28.2. The molecule has 0 aromatic heterocycles. The fraction of sp³-hybridized carbons (Fsp3) is 0.956. The first-order valence-electron chi connectivity index (χ1n) is 47.0. The summed E-state index contributed by atoms with van der Waals surface area (Å²) in [7, 11) is -9.93. The predicted molar refractivity (Wildman–Crippen MR) is 455 cm³/mol. The molecule has 0 aromatic carbocycles. The van der Waals surface area contributed by atoms with Crippen molar-refractivity contribution in [1.29, 1.82) is 0 Å². The maximum Gasteiger partial charge on any atom is 0.472 e. The van der Waals surface area contributed by atoms with Gasteiger partial charge >= 0.3 is 39.5 Å². The largest absolute Gasteiger partial charge is 0.472 e. The Hall–Kier alpha value is -1.94. The molecule has 0 aromatic rings. The lowest BCUT2D eigenvalue weighted by Gasteiger charge is -2.21. The molecule has 5 atom stereocenters. The van der Waals surface area contributed by atoms with E-state index in [2.05, 4.69) is 41.5 Å². The lowest BCUT2D eigenvalue weighted by atomic mass is 10.0. The summed E-state index contributed by atoms with van der Waals surface area (Å²) in [6.07, 6.45) is 76.4. The van der Waals surface area contributed by atoms with Gasteiger partial charge in [0.25, 0.3) is 0 Å². The molecule has 654 valence electrons. The van der Waals surface area contributed by atoms with Crippen LogP contribution >= 0.6 is 15.6 Å². The highest BCUT2D eigenvalue weighted by molar-refractivity contribution is 7.47. The summed E-state index contributed by atoms with van der Waals surface area (Å²) in [5, 5.41) is 10.7. The van der Waals surface area contributed by atoms with Gasteiger partial charge in [-0.3, -0.25) is 37.3 Å². The second kappa shape index (κ2) is 82.2. The van der Waals surface area contributed by atoms with Gasteiger partial charge in [-0.05, 0) is 37.5 Å². The van der Waals surface area contributed by atoms with E-state index in [0.717, 1.165) is 102 Å². The van der Waals surface area contributed by atoms with Gasteiger partial charge < -0.3 is 33.8 Å². The topological polar surface area (TPSA) is 237 Å². The summed E-state index contributed by atoms with van der Waals surface area (Å²) < 4.78 is 69.1. The Morgan fingerprint density at radius 1 is 0.245 bits per heavy atom. The summed E-state index contributed by atoms with van der Waals surface area (Å²) >= 11 is 0. The van der Waals surface area contributed by atoms with Crippen LogP contribution in [0.1, 0.15) is 491 Å². The number of aliphatic hydroxyl groups excluding tert-OH is 1. The molecular weight excluding hydrogens is 1430 g/mol. The third kappa shape index (κ3) is 84.0. The molecule has 2 unspecified atom stereocenters. The van der Waals surface area contributed by atoms with E-state index < -0.39 is 97.5 Å². The number of hydrogen-bond donors (Lipinski definition) is 3. The van der Waals surface area contributed by atoms with Crippen LogP contribution in [0.5, 0.6) is 0 Å². The molecule has 0 saturated carbocycles. The Kier molecular flexibility index (Phi) is 80.7. The number of phosphoric acid groups is 2. The van der Waals surface area contributed by atoms with E-state index in [1.165, 1.54) is 308 Å². The van der Waals surface area contributed by atoms with Crippen molar-refractivity contribution in [1.82, 2.24) is 0 Å². The lowest BCUT2D eigenvalue weighted by molar-refractivity contribution is -0.161. The SMILES string of the molecule is CCCCCCCCCCCCCCCCCCCCCCCC(=O)O[C@H](COC(=O)CCCCCCCCCCCCCCCCCCC(C)C)COP(=O)(O)OC[C@@H](O)COP(=O)(O)OC[C@@H](COC(=O)CCCCCCCCCCCCC)OC(=O)CCCCCCCCCCCCCCCCCCC(C)C. The van der Waals surface area contributed by atoms with Crippen molar-refractivity contribution in [3.8, 4) is 0 Å². The van der Waals surface area contributed by atoms with Crippen molar-refractivity contribution >= 4 is 39.5 Å². The average Bonchev–Trinajstić information content (AvgIpc) is 0.898. The minimum Gasteiger partial charge on any atom is -0.462 e. The first-order valence-corrected chi connectivity index (χ1v) is 50.0. The number of hydrogen-bond acceptors (Lipinski definition) is 15. The number of carbonyl (C=O) groups is 4. The van der Waals surface area contributed by atoms with E-state index >= 15 is 0 Å². The fourth-order valence-electron chi connectivity index (χ4n) is 14.3. The van der Waals surface area contributed by atoms with Gasteiger partial charge in [0.1, 0.15) is 19.3 Å². The van der Waals surface area contributed by atoms with Crippen LogP contribution in [0.3, 0.4) is 0 Å². The molecule has 0 aliphatic rings. The quantitative estimate of drug-likeness (QED) is 0.0222. The monoisotopic (exact) mass is 1610 g/mol. The van der Waals surface area contributed by atoms with Gasteiger partial charge in [-0.1, -0.05) is 440 Å². The maximum atomic E-state index is 13.2. The summed E-state index contributed by atoms with van der Waals surface area (Å²) in [4.78, 5) is 73.4. The van der Waals surface area contributed by atoms with E-state index in [1.807, 2.05) is 0 Å².